The van der Waals surface area contributed by atoms with Gasteiger partial charge in [0.1, 0.15) is 6.61 Å². The van der Waals surface area contributed by atoms with Crippen LogP contribution < -0.4 is 0 Å². The van der Waals surface area contributed by atoms with Crippen LogP contribution in [0.15, 0.2) is 5.34 Å². The lowest BCUT2D eigenvalue weighted by molar-refractivity contribution is 0.138. The minimum atomic E-state index is 0.373. The molecule has 0 saturated carbocycles. The van der Waals surface area contributed by atoms with Crippen molar-refractivity contribution in [2.24, 2.45) is 5.34 Å². The molecular weight excluding hydrogens is 118 g/mol. The first-order valence-electron chi connectivity index (χ1n) is 2.76. The van der Waals surface area contributed by atoms with E-state index in [2.05, 4.69) is 22.0 Å². The van der Waals surface area contributed by atoms with Gasteiger partial charge in [-0.05, 0) is 13.3 Å². The molecule has 0 aromatic carbocycles. The first-order chi connectivity index (χ1) is 4.41. The molecule has 0 aromatic heterocycles. The van der Waals surface area contributed by atoms with E-state index in [-0.39, 0.29) is 0 Å². The number of hydrogen-bond acceptors (Lipinski definition) is 3. The molecule has 3 nitrogen and oxygen atoms in total. The van der Waals surface area contributed by atoms with Crippen LogP contribution in [0.3, 0.4) is 0 Å². The van der Waals surface area contributed by atoms with E-state index in [1.54, 1.807) is 6.92 Å². The highest BCUT2D eigenvalue weighted by atomic mass is 16.7. The molecule has 0 fully saturated rings. The van der Waals surface area contributed by atoms with Gasteiger partial charge < -0.3 is 4.84 Å². The van der Waals surface area contributed by atoms with Crippen molar-refractivity contribution in [3.8, 4) is 11.8 Å². The highest BCUT2D eigenvalue weighted by molar-refractivity contribution is 4.94. The summed E-state index contributed by atoms with van der Waals surface area (Å²) in [6.45, 7) is 2.15. The van der Waals surface area contributed by atoms with Crippen molar-refractivity contribution in [2.45, 2.75) is 19.8 Å². The maximum absolute atomic E-state index is 9.33. The lowest BCUT2D eigenvalue weighted by Crippen LogP contribution is -1.84. The Labute approximate surface area is 54.3 Å². The second kappa shape index (κ2) is 6.96. The van der Waals surface area contributed by atoms with Crippen LogP contribution in [0.4, 0.5) is 0 Å². The zero-order valence-corrected chi connectivity index (χ0v) is 5.39. The van der Waals surface area contributed by atoms with E-state index < -0.39 is 0 Å². The van der Waals surface area contributed by atoms with Gasteiger partial charge in [0.05, 0.1) is 0 Å². The number of nitrogens with zero attached hydrogens (tertiary/aromatic N) is 1. The van der Waals surface area contributed by atoms with E-state index in [4.69, 9.17) is 0 Å². The topological polar surface area (TPSA) is 38.7 Å². The minimum Gasteiger partial charge on any atom is -0.364 e. The molecule has 0 saturated heterocycles. The van der Waals surface area contributed by atoms with Gasteiger partial charge in [-0.1, -0.05) is 0 Å². The molecular formula is C6H9NO2. The third kappa shape index (κ3) is 6.96. The fraction of sp³-hybridized carbons (Fsp3) is 0.667. The van der Waals surface area contributed by atoms with Crippen molar-refractivity contribution >= 4 is 0 Å². The monoisotopic (exact) mass is 127 g/mol. The van der Waals surface area contributed by atoms with E-state index >= 15 is 0 Å². The van der Waals surface area contributed by atoms with Crippen molar-refractivity contribution in [1.29, 1.82) is 0 Å². The molecule has 0 heterocycles. The Morgan fingerprint density at radius 3 is 3.00 bits per heavy atom. The predicted octanol–water partition coefficient (Wildman–Crippen LogP) is 1.49. The summed E-state index contributed by atoms with van der Waals surface area (Å²) in [7, 11) is 0. The third-order valence-corrected chi connectivity index (χ3v) is 0.767. The van der Waals surface area contributed by atoms with Gasteiger partial charge in [-0.3, -0.25) is 0 Å². The van der Waals surface area contributed by atoms with Crippen LogP contribution in [-0.2, 0) is 4.84 Å². The Hall–Kier alpha value is -1.04. The Morgan fingerprint density at radius 1 is 1.67 bits per heavy atom. The highest BCUT2D eigenvalue weighted by Gasteiger charge is 1.82. The highest BCUT2D eigenvalue weighted by Crippen LogP contribution is 1.87. The minimum absolute atomic E-state index is 0.373. The largest absolute Gasteiger partial charge is 0.364 e. The van der Waals surface area contributed by atoms with Gasteiger partial charge in [-0.2, -0.15) is 0 Å². The van der Waals surface area contributed by atoms with Gasteiger partial charge in [0.15, 0.2) is 5.34 Å². The quantitative estimate of drug-likeness (QED) is 0.248. The van der Waals surface area contributed by atoms with E-state index in [0.717, 1.165) is 12.8 Å². The third-order valence-electron chi connectivity index (χ3n) is 0.767. The van der Waals surface area contributed by atoms with Gasteiger partial charge >= 0.3 is 0 Å². The van der Waals surface area contributed by atoms with Crippen LogP contribution in [0, 0.1) is 16.7 Å². The Bertz CT molecular complexity index is 123. The Kier molecular flexibility index (Phi) is 6.16. The zero-order chi connectivity index (χ0) is 6.95. The smallest absolute Gasteiger partial charge is 0.155 e. The van der Waals surface area contributed by atoms with Crippen LogP contribution in [0.1, 0.15) is 19.8 Å². The van der Waals surface area contributed by atoms with E-state index in [9.17, 15) is 4.91 Å². The molecule has 3 heteroatoms. The van der Waals surface area contributed by atoms with Crippen LogP contribution in [0.2, 0.25) is 0 Å². The summed E-state index contributed by atoms with van der Waals surface area (Å²) in [5, 5.41) is 2.24. The normalized spacial score (nSPS) is 7.22. The lowest BCUT2D eigenvalue weighted by Gasteiger charge is -1.88. The summed E-state index contributed by atoms with van der Waals surface area (Å²) < 4.78 is 0. The molecule has 0 rings (SSSR count). The van der Waals surface area contributed by atoms with E-state index in [0.29, 0.717) is 6.61 Å². The van der Waals surface area contributed by atoms with Crippen LogP contribution in [0.5, 0.6) is 0 Å². The lowest BCUT2D eigenvalue weighted by atomic mass is 10.3. The van der Waals surface area contributed by atoms with Gasteiger partial charge in [0.2, 0.25) is 0 Å². The van der Waals surface area contributed by atoms with E-state index in [1.165, 1.54) is 0 Å². The molecule has 0 amide bonds. The van der Waals surface area contributed by atoms with Crippen molar-refractivity contribution in [3.63, 3.8) is 0 Å². The summed E-state index contributed by atoms with van der Waals surface area (Å²) in [4.78, 5) is 13.5. The van der Waals surface area contributed by atoms with E-state index in [1.807, 2.05) is 0 Å². The standard InChI is InChI=1S/C6H9NO2/c1-2-3-4-5-6-9-7-8/h4-6H2,1H3. The molecule has 0 aliphatic heterocycles. The first-order valence-corrected chi connectivity index (χ1v) is 2.76. The maximum atomic E-state index is 9.33. The Morgan fingerprint density at radius 2 is 2.44 bits per heavy atom. The van der Waals surface area contributed by atoms with Crippen molar-refractivity contribution < 1.29 is 4.84 Å². The molecule has 0 radical (unpaired) electrons. The second-order valence-electron chi connectivity index (χ2n) is 1.44. The van der Waals surface area contributed by atoms with Crippen molar-refractivity contribution in [1.82, 2.24) is 0 Å². The van der Waals surface area contributed by atoms with Gasteiger partial charge in [0.25, 0.3) is 0 Å². The number of hydrogen-bond donors (Lipinski definition) is 0. The summed E-state index contributed by atoms with van der Waals surface area (Å²) in [5.41, 5.74) is 0. The number of unbranched alkanes of at least 4 members (excludes halogenated alkanes) is 1. The second-order valence-corrected chi connectivity index (χ2v) is 1.44. The number of rotatable bonds is 4. The Balaban J connectivity index is 2.88. The molecule has 50 valence electrons. The summed E-state index contributed by atoms with van der Waals surface area (Å²) in [6.07, 6.45) is 1.54. The molecule has 0 atom stereocenters. The average Bonchev–Trinajstić information content (AvgIpc) is 1.89. The van der Waals surface area contributed by atoms with Crippen LogP contribution >= 0.6 is 0 Å². The molecule has 0 aromatic rings. The van der Waals surface area contributed by atoms with Crippen molar-refractivity contribution in [3.05, 3.63) is 4.91 Å². The van der Waals surface area contributed by atoms with Crippen molar-refractivity contribution in [2.75, 3.05) is 6.61 Å². The molecule has 0 N–H and O–H groups in total. The van der Waals surface area contributed by atoms with Gasteiger partial charge in [-0.15, -0.1) is 16.7 Å². The van der Waals surface area contributed by atoms with Crippen LogP contribution in [0.25, 0.3) is 0 Å². The fourth-order valence-electron chi connectivity index (χ4n) is 0.387. The molecule has 9 heavy (non-hydrogen) atoms. The van der Waals surface area contributed by atoms with Gasteiger partial charge in [-0.25, -0.2) is 0 Å². The predicted molar refractivity (Wildman–Crippen MR) is 34.4 cm³/mol. The zero-order valence-electron chi connectivity index (χ0n) is 5.39. The molecule has 0 spiro atoms. The SMILES string of the molecule is CC#CCCCON=O. The summed E-state index contributed by atoms with van der Waals surface area (Å²) >= 11 is 0. The molecule has 0 aliphatic carbocycles. The molecule has 0 bridgehead atoms. The first kappa shape index (κ1) is 7.96. The molecule has 0 aliphatic rings. The fourth-order valence-corrected chi connectivity index (χ4v) is 0.387. The van der Waals surface area contributed by atoms with Gasteiger partial charge in [0, 0.05) is 6.42 Å². The van der Waals surface area contributed by atoms with Crippen LogP contribution in [-0.4, -0.2) is 6.61 Å². The molecule has 0 unspecified atom stereocenters. The summed E-state index contributed by atoms with van der Waals surface area (Å²) in [6, 6.07) is 0. The summed E-state index contributed by atoms with van der Waals surface area (Å²) in [5.74, 6) is 5.56. The maximum Gasteiger partial charge on any atom is 0.155 e. The average molecular weight is 127 g/mol.